The van der Waals surface area contributed by atoms with Crippen LogP contribution in [0.25, 0.3) is 10.6 Å². The van der Waals surface area contributed by atoms with Crippen molar-refractivity contribution in [3.05, 3.63) is 46.8 Å². The third-order valence-electron chi connectivity index (χ3n) is 6.04. The molecule has 10 heteroatoms. The highest BCUT2D eigenvalue weighted by Gasteiger charge is 2.38. The highest BCUT2D eigenvalue weighted by molar-refractivity contribution is 7.13. The number of nitrogens with zero attached hydrogens (tertiary/aromatic N) is 3. The van der Waals surface area contributed by atoms with Crippen LogP contribution >= 0.6 is 11.3 Å². The molecule has 32 heavy (non-hydrogen) atoms. The van der Waals surface area contributed by atoms with Gasteiger partial charge in [0.05, 0.1) is 22.6 Å². The van der Waals surface area contributed by atoms with Crippen LogP contribution in [0.1, 0.15) is 34.8 Å². The Labute approximate surface area is 190 Å². The summed E-state index contributed by atoms with van der Waals surface area (Å²) in [5, 5.41) is 12.5. The van der Waals surface area contributed by atoms with Gasteiger partial charge in [-0.1, -0.05) is 17.3 Å². The molecule has 0 atom stereocenters. The Bertz CT molecular complexity index is 1130. The summed E-state index contributed by atoms with van der Waals surface area (Å²) in [6, 6.07) is 7.63. The SMILES string of the molecule is CNC1(C(N)=O)CCN(c2ccccc2NC(=O)c2csc(-c3c(C)noc3C)n2)CC1. The van der Waals surface area contributed by atoms with Crippen molar-refractivity contribution in [3.8, 4) is 10.6 Å². The van der Waals surface area contributed by atoms with Gasteiger partial charge in [-0.05, 0) is 45.9 Å². The third kappa shape index (κ3) is 3.98. The average Bonchev–Trinajstić information content (AvgIpc) is 3.40. The van der Waals surface area contributed by atoms with E-state index in [1.54, 1.807) is 12.4 Å². The van der Waals surface area contributed by atoms with E-state index >= 15 is 0 Å². The maximum absolute atomic E-state index is 12.9. The van der Waals surface area contributed by atoms with Crippen molar-refractivity contribution in [2.75, 3.05) is 30.4 Å². The Balaban J connectivity index is 1.51. The maximum Gasteiger partial charge on any atom is 0.275 e. The van der Waals surface area contributed by atoms with E-state index in [1.165, 1.54) is 11.3 Å². The molecular weight excluding hydrogens is 428 g/mol. The zero-order valence-corrected chi connectivity index (χ0v) is 19.1. The minimum absolute atomic E-state index is 0.287. The van der Waals surface area contributed by atoms with Crippen molar-refractivity contribution in [3.63, 3.8) is 0 Å². The van der Waals surface area contributed by atoms with E-state index in [9.17, 15) is 9.59 Å². The van der Waals surface area contributed by atoms with E-state index in [4.69, 9.17) is 10.3 Å². The lowest BCUT2D eigenvalue weighted by Crippen LogP contribution is -2.59. The fourth-order valence-electron chi connectivity index (χ4n) is 4.07. The van der Waals surface area contributed by atoms with Crippen LogP contribution in [0.2, 0.25) is 0 Å². The summed E-state index contributed by atoms with van der Waals surface area (Å²) >= 11 is 1.38. The molecule has 1 fully saturated rings. The number of nitrogens with one attached hydrogen (secondary N) is 2. The van der Waals surface area contributed by atoms with E-state index in [0.29, 0.717) is 48.1 Å². The molecule has 1 aliphatic rings. The number of rotatable bonds is 6. The molecule has 168 valence electrons. The minimum atomic E-state index is -0.691. The fourth-order valence-corrected chi connectivity index (χ4v) is 5.01. The van der Waals surface area contributed by atoms with Crippen LogP contribution in [0.15, 0.2) is 34.2 Å². The number of amides is 2. The van der Waals surface area contributed by atoms with Crippen LogP contribution in [-0.4, -0.2) is 47.6 Å². The molecule has 0 spiro atoms. The highest BCUT2D eigenvalue weighted by Crippen LogP contribution is 2.33. The van der Waals surface area contributed by atoms with Gasteiger partial charge < -0.3 is 25.8 Å². The normalized spacial score (nSPS) is 15.5. The third-order valence-corrected chi connectivity index (χ3v) is 6.90. The fraction of sp³-hybridized carbons (Fsp3) is 0.364. The van der Waals surface area contributed by atoms with E-state index in [0.717, 1.165) is 16.9 Å². The molecule has 0 bridgehead atoms. The molecule has 0 radical (unpaired) electrons. The van der Waals surface area contributed by atoms with Gasteiger partial charge >= 0.3 is 0 Å². The second-order valence-corrected chi connectivity index (χ2v) is 8.75. The number of primary amides is 1. The number of para-hydroxylation sites is 2. The standard InChI is InChI=1S/C22H26N6O3S/c1-13-18(14(2)31-27-13)20-26-16(12-32-20)19(29)25-15-6-4-5-7-17(15)28-10-8-22(24-3,9-11-28)21(23)30/h4-7,12,24H,8-11H2,1-3H3,(H2,23,30)(H,25,29). The number of benzene rings is 1. The molecule has 0 saturated carbocycles. The van der Waals surface area contributed by atoms with Gasteiger partial charge in [0.25, 0.3) is 5.91 Å². The van der Waals surface area contributed by atoms with E-state index in [-0.39, 0.29) is 11.8 Å². The summed E-state index contributed by atoms with van der Waals surface area (Å²) in [7, 11) is 1.76. The van der Waals surface area contributed by atoms with Gasteiger partial charge in [0.1, 0.15) is 22.0 Å². The summed E-state index contributed by atoms with van der Waals surface area (Å²) in [5.41, 5.74) is 8.43. The smallest absolute Gasteiger partial charge is 0.275 e. The molecule has 2 amide bonds. The number of aromatic nitrogens is 2. The zero-order chi connectivity index (χ0) is 22.9. The summed E-state index contributed by atoms with van der Waals surface area (Å²) in [4.78, 5) is 31.5. The van der Waals surface area contributed by atoms with Gasteiger partial charge in [0.15, 0.2) is 0 Å². The molecule has 0 aliphatic carbocycles. The average molecular weight is 455 g/mol. The number of likely N-dealkylation sites (N-methyl/N-ethyl adjacent to an activating group) is 1. The van der Waals surface area contributed by atoms with Crippen molar-refractivity contribution in [2.24, 2.45) is 5.73 Å². The van der Waals surface area contributed by atoms with Crippen molar-refractivity contribution >= 4 is 34.5 Å². The van der Waals surface area contributed by atoms with Crippen LogP contribution in [-0.2, 0) is 4.79 Å². The summed E-state index contributed by atoms with van der Waals surface area (Å²) < 4.78 is 5.21. The van der Waals surface area contributed by atoms with Gasteiger partial charge in [0, 0.05) is 18.5 Å². The number of piperidine rings is 1. The monoisotopic (exact) mass is 454 g/mol. The van der Waals surface area contributed by atoms with Crippen LogP contribution < -0.4 is 21.3 Å². The van der Waals surface area contributed by atoms with Crippen LogP contribution in [0.4, 0.5) is 11.4 Å². The molecule has 3 heterocycles. The second-order valence-electron chi connectivity index (χ2n) is 7.89. The van der Waals surface area contributed by atoms with Gasteiger partial charge in [-0.3, -0.25) is 9.59 Å². The number of anilines is 2. The quantitative estimate of drug-likeness (QED) is 0.523. The van der Waals surface area contributed by atoms with E-state index < -0.39 is 5.54 Å². The number of carbonyl (C=O) groups is 2. The molecule has 4 N–H and O–H groups in total. The number of thiazole rings is 1. The van der Waals surface area contributed by atoms with Gasteiger partial charge in [-0.25, -0.2) is 4.98 Å². The van der Waals surface area contributed by atoms with E-state index in [2.05, 4.69) is 25.7 Å². The van der Waals surface area contributed by atoms with Gasteiger partial charge in [-0.15, -0.1) is 11.3 Å². The molecule has 2 aromatic heterocycles. The van der Waals surface area contributed by atoms with Crippen molar-refractivity contribution in [1.29, 1.82) is 0 Å². The molecule has 3 aromatic rings. The van der Waals surface area contributed by atoms with Crippen LogP contribution in [0.5, 0.6) is 0 Å². The molecule has 1 aromatic carbocycles. The molecule has 1 aliphatic heterocycles. The maximum atomic E-state index is 12.9. The Morgan fingerprint density at radius 3 is 2.56 bits per heavy atom. The Kier molecular flexibility index (Phi) is 5.98. The number of hydrogen-bond donors (Lipinski definition) is 3. The molecular formula is C22H26N6O3S. The van der Waals surface area contributed by atoms with Gasteiger partial charge in [0.2, 0.25) is 5.91 Å². The number of hydrogen-bond acceptors (Lipinski definition) is 8. The van der Waals surface area contributed by atoms with Crippen LogP contribution in [0.3, 0.4) is 0 Å². The molecule has 9 nitrogen and oxygen atoms in total. The first-order valence-corrected chi connectivity index (χ1v) is 11.3. The highest BCUT2D eigenvalue weighted by atomic mass is 32.1. The molecule has 4 rings (SSSR count). The lowest BCUT2D eigenvalue weighted by Gasteiger charge is -2.41. The number of aryl methyl sites for hydroxylation is 2. The predicted molar refractivity (Wildman–Crippen MR) is 124 cm³/mol. The summed E-state index contributed by atoms with van der Waals surface area (Å²) in [5.74, 6) is 0.0529. The van der Waals surface area contributed by atoms with Crippen molar-refractivity contribution in [2.45, 2.75) is 32.2 Å². The first kappa shape index (κ1) is 22.0. The largest absolute Gasteiger partial charge is 0.370 e. The first-order chi connectivity index (χ1) is 15.3. The number of nitrogens with two attached hydrogens (primary N) is 1. The Morgan fingerprint density at radius 2 is 1.94 bits per heavy atom. The minimum Gasteiger partial charge on any atom is -0.370 e. The Morgan fingerprint density at radius 1 is 1.22 bits per heavy atom. The van der Waals surface area contributed by atoms with Gasteiger partial charge in [-0.2, -0.15) is 0 Å². The summed E-state index contributed by atoms with van der Waals surface area (Å²) in [6.07, 6.45) is 1.18. The predicted octanol–water partition coefficient (Wildman–Crippen LogP) is 2.71. The second kappa shape index (κ2) is 8.71. The topological polar surface area (TPSA) is 126 Å². The van der Waals surface area contributed by atoms with Crippen molar-refractivity contribution < 1.29 is 14.1 Å². The Hall–Kier alpha value is -3.24. The summed E-state index contributed by atoms with van der Waals surface area (Å²) in [6.45, 7) is 4.96. The lowest BCUT2D eigenvalue weighted by molar-refractivity contribution is -0.125. The lowest BCUT2D eigenvalue weighted by atomic mass is 9.86. The number of carbonyl (C=O) groups excluding carboxylic acids is 2. The molecule has 1 saturated heterocycles. The first-order valence-electron chi connectivity index (χ1n) is 10.4. The zero-order valence-electron chi connectivity index (χ0n) is 18.3. The van der Waals surface area contributed by atoms with Crippen molar-refractivity contribution in [1.82, 2.24) is 15.5 Å². The van der Waals surface area contributed by atoms with E-state index in [1.807, 2.05) is 38.1 Å². The molecule has 0 unspecified atom stereocenters. The van der Waals surface area contributed by atoms with Crippen LogP contribution in [0, 0.1) is 13.8 Å².